The number of piperazine rings is 1. The summed E-state index contributed by atoms with van der Waals surface area (Å²) in [5.41, 5.74) is 3.21. The number of azo groups is 2. The Kier molecular flexibility index (Phi) is 5.53. The summed E-state index contributed by atoms with van der Waals surface area (Å²) in [5, 5.41) is 4.51. The van der Waals surface area contributed by atoms with E-state index in [1.165, 1.54) is 4.90 Å². The molecule has 2 aromatic carbocycles. The number of amides is 3. The van der Waals surface area contributed by atoms with Gasteiger partial charge in [-0.2, -0.15) is 0 Å². The Morgan fingerprint density at radius 3 is 2.24 bits per heavy atom. The maximum Gasteiger partial charge on any atom is 0.502 e. The van der Waals surface area contributed by atoms with Crippen LogP contribution in [0.3, 0.4) is 0 Å². The van der Waals surface area contributed by atoms with Gasteiger partial charge in [0.05, 0.1) is 0 Å². The third-order valence-corrected chi connectivity index (χ3v) is 6.46. The minimum absolute atomic E-state index is 0.194. The molecule has 0 aliphatic carbocycles. The number of benzene rings is 2. The number of para-hydroxylation sites is 1. The first-order valence-corrected chi connectivity index (χ1v) is 11.3. The van der Waals surface area contributed by atoms with Crippen LogP contribution in [-0.4, -0.2) is 84.3 Å². The third kappa shape index (κ3) is 4.06. The standard InChI is InChI=1S/C24H27N6O3/c1-18-7-9-20(10-8-18)28-15-16-29-22(32)23(33)30(25-24(28)29)17-21(31)27-13-11-26(12-14-27)19-5-3-2-4-6-19/h2-10,24H,11-17H2,1H3/q+1. The predicted molar refractivity (Wildman–Crippen MR) is 122 cm³/mol. The number of fused-ring (bicyclic) bond motifs is 1. The van der Waals surface area contributed by atoms with Crippen LogP contribution >= 0.6 is 0 Å². The number of nitrogens with zero attached hydrogens (tertiary/aromatic N) is 6. The number of aryl methyl sites for hydroxylation is 1. The summed E-state index contributed by atoms with van der Waals surface area (Å²) in [6, 6.07) is 18.1. The fourth-order valence-electron chi connectivity index (χ4n) is 4.55. The molecule has 3 amide bonds. The number of carbonyl (C=O) groups is 3. The highest BCUT2D eigenvalue weighted by Gasteiger charge is 2.50. The molecule has 9 heteroatoms. The van der Waals surface area contributed by atoms with Gasteiger partial charge >= 0.3 is 11.8 Å². The molecule has 0 bridgehead atoms. The summed E-state index contributed by atoms with van der Waals surface area (Å²) >= 11 is 0. The van der Waals surface area contributed by atoms with Crippen molar-refractivity contribution >= 4 is 29.1 Å². The van der Waals surface area contributed by atoms with Gasteiger partial charge in [0.2, 0.25) is 0 Å². The second-order valence-electron chi connectivity index (χ2n) is 8.56. The molecule has 33 heavy (non-hydrogen) atoms. The van der Waals surface area contributed by atoms with E-state index in [-0.39, 0.29) is 12.5 Å². The molecule has 0 N–H and O–H groups in total. The molecule has 9 nitrogen and oxygen atoms in total. The van der Waals surface area contributed by atoms with Gasteiger partial charge in [0.15, 0.2) is 0 Å². The molecule has 5 rings (SSSR count). The molecule has 0 radical (unpaired) electrons. The lowest BCUT2D eigenvalue weighted by Gasteiger charge is -2.35. The summed E-state index contributed by atoms with van der Waals surface area (Å²) in [6.45, 7) is 5.37. The predicted octanol–water partition coefficient (Wildman–Crippen LogP) is 1.28. The van der Waals surface area contributed by atoms with E-state index in [0.29, 0.717) is 26.2 Å². The molecule has 2 saturated heterocycles. The van der Waals surface area contributed by atoms with Crippen LogP contribution in [0.15, 0.2) is 59.7 Å². The topological polar surface area (TPSA) is 79.5 Å². The zero-order valence-electron chi connectivity index (χ0n) is 18.6. The van der Waals surface area contributed by atoms with Crippen molar-refractivity contribution in [3.63, 3.8) is 0 Å². The van der Waals surface area contributed by atoms with Crippen LogP contribution in [-0.2, 0) is 14.4 Å². The van der Waals surface area contributed by atoms with Gasteiger partial charge in [-0.1, -0.05) is 35.9 Å². The first kappa shape index (κ1) is 21.1. The Labute approximate surface area is 192 Å². The minimum Gasteiger partial charge on any atom is -0.368 e. The SMILES string of the molecule is Cc1ccc(N2CCN3C(=O)C(=O)[N+](CC(=O)N4CCN(c5ccccc5)CC4)=NC32)cc1. The van der Waals surface area contributed by atoms with Gasteiger partial charge in [0, 0.05) is 55.8 Å². The summed E-state index contributed by atoms with van der Waals surface area (Å²) in [5.74, 6) is -1.54. The van der Waals surface area contributed by atoms with Crippen molar-refractivity contribution in [2.24, 2.45) is 5.11 Å². The molecule has 1 atom stereocenters. The van der Waals surface area contributed by atoms with Gasteiger partial charge in [0.1, 0.15) is 0 Å². The maximum absolute atomic E-state index is 13.0. The molecule has 0 aromatic heterocycles. The van der Waals surface area contributed by atoms with Crippen LogP contribution in [0.5, 0.6) is 0 Å². The van der Waals surface area contributed by atoms with E-state index < -0.39 is 18.1 Å². The van der Waals surface area contributed by atoms with Gasteiger partial charge in [0.25, 0.3) is 18.7 Å². The highest BCUT2D eigenvalue weighted by Crippen LogP contribution is 2.27. The molecule has 3 aliphatic rings. The molecular formula is C24H27N6O3+. The zero-order valence-corrected chi connectivity index (χ0v) is 18.6. The van der Waals surface area contributed by atoms with Gasteiger partial charge in [-0.05, 0) is 35.9 Å². The molecular weight excluding hydrogens is 420 g/mol. The van der Waals surface area contributed by atoms with Crippen molar-refractivity contribution in [1.29, 1.82) is 0 Å². The van der Waals surface area contributed by atoms with E-state index >= 15 is 0 Å². The van der Waals surface area contributed by atoms with Gasteiger partial charge in [-0.25, -0.2) is 4.79 Å². The van der Waals surface area contributed by atoms with E-state index in [9.17, 15) is 14.4 Å². The normalized spacial score (nSPS) is 20.8. The van der Waals surface area contributed by atoms with Crippen molar-refractivity contribution in [1.82, 2.24) is 9.80 Å². The molecule has 3 aliphatic heterocycles. The number of anilines is 2. The van der Waals surface area contributed by atoms with Crippen molar-refractivity contribution in [2.45, 2.75) is 13.2 Å². The Bertz CT molecular complexity index is 1090. The van der Waals surface area contributed by atoms with Gasteiger partial charge < -0.3 is 14.7 Å². The summed E-state index contributed by atoms with van der Waals surface area (Å²) in [6.07, 6.45) is -0.611. The summed E-state index contributed by atoms with van der Waals surface area (Å²) < 4.78 is 1.06. The van der Waals surface area contributed by atoms with Crippen LogP contribution in [0.25, 0.3) is 0 Å². The Balaban J connectivity index is 1.28. The first-order valence-electron chi connectivity index (χ1n) is 11.3. The quantitative estimate of drug-likeness (QED) is 0.521. The fourth-order valence-corrected chi connectivity index (χ4v) is 4.55. The van der Waals surface area contributed by atoms with Crippen molar-refractivity contribution < 1.29 is 19.1 Å². The lowest BCUT2D eigenvalue weighted by atomic mass is 10.2. The molecule has 0 spiro atoms. The number of hydrogen-bond acceptors (Lipinski definition) is 6. The molecule has 3 heterocycles. The molecule has 1 unspecified atom stereocenters. The monoisotopic (exact) mass is 447 g/mol. The van der Waals surface area contributed by atoms with Crippen LogP contribution in [0.2, 0.25) is 0 Å². The van der Waals surface area contributed by atoms with E-state index in [4.69, 9.17) is 0 Å². The van der Waals surface area contributed by atoms with Gasteiger partial charge in [-0.15, -0.1) is 0 Å². The lowest BCUT2D eigenvalue weighted by Crippen LogP contribution is -2.55. The van der Waals surface area contributed by atoms with Gasteiger partial charge in [-0.3, -0.25) is 14.5 Å². The van der Waals surface area contributed by atoms with E-state index in [2.05, 4.69) is 22.1 Å². The van der Waals surface area contributed by atoms with E-state index in [1.807, 2.05) is 54.3 Å². The second kappa shape index (κ2) is 8.65. The van der Waals surface area contributed by atoms with E-state index in [1.54, 1.807) is 4.90 Å². The lowest BCUT2D eigenvalue weighted by molar-refractivity contribution is -0.510. The smallest absolute Gasteiger partial charge is 0.368 e. The second-order valence-corrected chi connectivity index (χ2v) is 8.56. The Hall–Kier alpha value is -3.75. The average molecular weight is 448 g/mol. The maximum atomic E-state index is 13.0. The molecule has 2 fully saturated rings. The van der Waals surface area contributed by atoms with Crippen molar-refractivity contribution in [2.75, 3.05) is 55.6 Å². The summed E-state index contributed by atoms with van der Waals surface area (Å²) in [4.78, 5) is 45.8. The van der Waals surface area contributed by atoms with E-state index in [0.717, 1.165) is 34.7 Å². The van der Waals surface area contributed by atoms with Crippen LogP contribution < -0.4 is 9.80 Å². The number of carbonyl (C=O) groups excluding carboxylic acids is 3. The van der Waals surface area contributed by atoms with Crippen molar-refractivity contribution in [3.05, 3.63) is 60.2 Å². The largest absolute Gasteiger partial charge is 0.502 e. The third-order valence-electron chi connectivity index (χ3n) is 6.46. The summed E-state index contributed by atoms with van der Waals surface area (Å²) in [7, 11) is 0. The molecule has 2 aromatic rings. The van der Waals surface area contributed by atoms with Crippen LogP contribution in [0, 0.1) is 6.92 Å². The number of rotatable bonds is 4. The van der Waals surface area contributed by atoms with Crippen molar-refractivity contribution in [3.8, 4) is 0 Å². The number of hydrogen-bond donors (Lipinski definition) is 0. The Morgan fingerprint density at radius 2 is 1.55 bits per heavy atom. The highest BCUT2D eigenvalue weighted by atomic mass is 16.2. The molecule has 0 saturated carbocycles. The first-order chi connectivity index (χ1) is 16.0. The highest BCUT2D eigenvalue weighted by molar-refractivity contribution is 6.31. The fraction of sp³-hybridized carbons (Fsp3) is 0.375. The van der Waals surface area contributed by atoms with Crippen LogP contribution in [0.1, 0.15) is 5.56 Å². The minimum atomic E-state index is -0.742. The zero-order chi connectivity index (χ0) is 22.9. The molecule has 170 valence electrons. The Morgan fingerprint density at radius 1 is 0.879 bits per heavy atom. The average Bonchev–Trinajstić information content (AvgIpc) is 3.27. The van der Waals surface area contributed by atoms with Crippen LogP contribution in [0.4, 0.5) is 11.4 Å².